The number of allylic oxidation sites excluding steroid dienone is 3. The Labute approximate surface area is 185 Å². The van der Waals surface area contributed by atoms with E-state index in [1.165, 1.54) is 7.11 Å². The molecule has 3 atom stereocenters. The zero-order chi connectivity index (χ0) is 22.2. The van der Waals surface area contributed by atoms with Gasteiger partial charge in [-0.05, 0) is 43.9 Å². The molecule has 3 rings (SSSR count). The molecule has 0 radical (unpaired) electrons. The molecule has 0 unspecified atom stereocenters. The van der Waals surface area contributed by atoms with Crippen molar-refractivity contribution in [2.45, 2.75) is 33.1 Å². The van der Waals surface area contributed by atoms with Gasteiger partial charge in [0.2, 0.25) is 0 Å². The normalized spacial score (nSPS) is 23.7. The molecular formula is C22H23Cl2NO5. The third-order valence-corrected chi connectivity index (χ3v) is 6.07. The molecule has 1 aromatic carbocycles. The predicted molar refractivity (Wildman–Crippen MR) is 113 cm³/mol. The van der Waals surface area contributed by atoms with E-state index in [-0.39, 0.29) is 23.9 Å². The van der Waals surface area contributed by atoms with Crippen LogP contribution >= 0.6 is 23.2 Å². The topological polar surface area (TPSA) is 81.7 Å². The SMILES string of the molecule is CCOC(=O)C1=C(C)NC2=C(C(=O)[C@@H](C(=O)OC)[C@@H](C)C2)[C@H]1c1ccc(Cl)cc1Cl. The van der Waals surface area contributed by atoms with Crippen LogP contribution in [0.2, 0.25) is 10.0 Å². The van der Waals surface area contributed by atoms with Crippen LogP contribution in [0.5, 0.6) is 0 Å². The smallest absolute Gasteiger partial charge is 0.336 e. The van der Waals surface area contributed by atoms with Crippen molar-refractivity contribution in [3.8, 4) is 0 Å². The second kappa shape index (κ2) is 8.82. The van der Waals surface area contributed by atoms with Gasteiger partial charge in [0, 0.05) is 32.9 Å². The molecule has 0 spiro atoms. The molecular weight excluding hydrogens is 429 g/mol. The fraction of sp³-hybridized carbons (Fsp3) is 0.409. The van der Waals surface area contributed by atoms with E-state index in [9.17, 15) is 14.4 Å². The van der Waals surface area contributed by atoms with Gasteiger partial charge in [0.15, 0.2) is 5.78 Å². The van der Waals surface area contributed by atoms with Crippen molar-refractivity contribution in [2.24, 2.45) is 11.8 Å². The molecule has 0 saturated heterocycles. The van der Waals surface area contributed by atoms with Gasteiger partial charge in [-0.25, -0.2) is 4.79 Å². The minimum absolute atomic E-state index is 0.179. The van der Waals surface area contributed by atoms with Crippen LogP contribution in [0, 0.1) is 11.8 Å². The van der Waals surface area contributed by atoms with E-state index >= 15 is 0 Å². The molecule has 2 aliphatic rings. The van der Waals surface area contributed by atoms with E-state index in [1.807, 2.05) is 6.92 Å². The van der Waals surface area contributed by atoms with Gasteiger partial charge in [-0.3, -0.25) is 9.59 Å². The summed E-state index contributed by atoms with van der Waals surface area (Å²) < 4.78 is 10.1. The molecule has 1 aliphatic carbocycles. The standard InChI is InChI=1S/C22H23Cl2NO5/c1-5-30-22(28)17-11(3)25-15-8-10(2)16(21(27)29-4)20(26)19(15)18(17)13-7-6-12(23)9-14(13)24/h6-7,9-10,16,18,25H,5,8H2,1-4H3/t10-,16-,18-/m0/s1. The third-order valence-electron chi connectivity index (χ3n) is 5.51. The second-order valence-corrected chi connectivity index (χ2v) is 8.27. The van der Waals surface area contributed by atoms with Crippen LogP contribution < -0.4 is 5.32 Å². The first kappa shape index (κ1) is 22.4. The number of Topliss-reactive ketones (excluding diaryl/α,β-unsaturated/α-hetero) is 1. The maximum atomic E-state index is 13.5. The number of esters is 2. The average molecular weight is 452 g/mol. The van der Waals surface area contributed by atoms with Gasteiger partial charge in [0.05, 0.1) is 19.3 Å². The number of ketones is 1. The molecule has 1 heterocycles. The molecule has 1 N–H and O–H groups in total. The number of carbonyl (C=O) groups is 3. The van der Waals surface area contributed by atoms with Crippen molar-refractivity contribution in [1.82, 2.24) is 5.32 Å². The summed E-state index contributed by atoms with van der Waals surface area (Å²) in [6, 6.07) is 4.90. The Balaban J connectivity index is 2.23. The number of hydrogen-bond donors (Lipinski definition) is 1. The number of carbonyl (C=O) groups excluding carboxylic acids is 3. The summed E-state index contributed by atoms with van der Waals surface area (Å²) in [5.41, 5.74) is 2.42. The van der Waals surface area contributed by atoms with Crippen molar-refractivity contribution in [1.29, 1.82) is 0 Å². The predicted octanol–water partition coefficient (Wildman–Crippen LogP) is 4.17. The number of ether oxygens (including phenoxy) is 2. The summed E-state index contributed by atoms with van der Waals surface area (Å²) in [5.74, 6) is -3.51. The van der Waals surface area contributed by atoms with Gasteiger partial charge < -0.3 is 14.8 Å². The lowest BCUT2D eigenvalue weighted by molar-refractivity contribution is -0.151. The molecule has 1 aromatic rings. The summed E-state index contributed by atoms with van der Waals surface area (Å²) in [7, 11) is 1.26. The van der Waals surface area contributed by atoms with Crippen LogP contribution in [0.1, 0.15) is 38.7 Å². The van der Waals surface area contributed by atoms with Crippen LogP contribution in [-0.4, -0.2) is 31.4 Å². The fourth-order valence-electron chi connectivity index (χ4n) is 4.21. The number of dihydropyridines is 1. The number of rotatable bonds is 4. The molecule has 0 saturated carbocycles. The Morgan fingerprint density at radius 3 is 2.57 bits per heavy atom. The Bertz CT molecular complexity index is 982. The van der Waals surface area contributed by atoms with Crippen molar-refractivity contribution in [3.05, 3.63) is 56.3 Å². The highest BCUT2D eigenvalue weighted by Crippen LogP contribution is 2.47. The van der Waals surface area contributed by atoms with Crippen molar-refractivity contribution < 1.29 is 23.9 Å². The Hall–Kier alpha value is -2.31. The molecule has 160 valence electrons. The maximum Gasteiger partial charge on any atom is 0.336 e. The Morgan fingerprint density at radius 2 is 1.97 bits per heavy atom. The maximum absolute atomic E-state index is 13.5. The minimum atomic E-state index is -0.953. The molecule has 30 heavy (non-hydrogen) atoms. The number of benzene rings is 1. The van der Waals surface area contributed by atoms with Gasteiger partial charge in [-0.15, -0.1) is 0 Å². The van der Waals surface area contributed by atoms with Crippen molar-refractivity contribution >= 4 is 40.9 Å². The van der Waals surface area contributed by atoms with E-state index in [4.69, 9.17) is 32.7 Å². The van der Waals surface area contributed by atoms with E-state index in [0.717, 1.165) is 0 Å². The third kappa shape index (κ3) is 3.86. The first-order chi connectivity index (χ1) is 14.2. The van der Waals surface area contributed by atoms with Crippen molar-refractivity contribution in [2.75, 3.05) is 13.7 Å². The lowest BCUT2D eigenvalue weighted by atomic mass is 9.69. The lowest BCUT2D eigenvalue weighted by Gasteiger charge is -2.38. The first-order valence-corrected chi connectivity index (χ1v) is 10.4. The molecule has 0 amide bonds. The van der Waals surface area contributed by atoms with Crippen LogP contribution in [0.25, 0.3) is 0 Å². The van der Waals surface area contributed by atoms with Crippen molar-refractivity contribution in [3.63, 3.8) is 0 Å². The van der Waals surface area contributed by atoms with E-state index < -0.39 is 23.8 Å². The lowest BCUT2D eigenvalue weighted by Crippen LogP contribution is -2.43. The fourth-order valence-corrected chi connectivity index (χ4v) is 4.72. The van der Waals surface area contributed by atoms with Gasteiger partial charge >= 0.3 is 11.9 Å². The summed E-state index contributed by atoms with van der Waals surface area (Å²) in [6.45, 7) is 5.47. The summed E-state index contributed by atoms with van der Waals surface area (Å²) >= 11 is 12.5. The van der Waals surface area contributed by atoms with Crippen LogP contribution in [0.3, 0.4) is 0 Å². The Morgan fingerprint density at radius 1 is 1.27 bits per heavy atom. The van der Waals surface area contributed by atoms with Crippen LogP contribution in [0.4, 0.5) is 0 Å². The number of halogens is 2. The number of nitrogens with one attached hydrogen (secondary N) is 1. The summed E-state index contributed by atoms with van der Waals surface area (Å²) in [4.78, 5) is 38.8. The average Bonchev–Trinajstić information content (AvgIpc) is 2.66. The zero-order valence-corrected chi connectivity index (χ0v) is 18.7. The molecule has 8 heteroatoms. The summed E-state index contributed by atoms with van der Waals surface area (Å²) in [6.07, 6.45) is 0.454. The highest BCUT2D eigenvalue weighted by Gasteiger charge is 2.47. The van der Waals surface area contributed by atoms with Gasteiger partial charge in [0.1, 0.15) is 5.92 Å². The second-order valence-electron chi connectivity index (χ2n) is 7.42. The zero-order valence-electron chi connectivity index (χ0n) is 17.2. The largest absolute Gasteiger partial charge is 0.468 e. The molecule has 6 nitrogen and oxygen atoms in total. The van der Waals surface area contributed by atoms with Gasteiger partial charge in [0.25, 0.3) is 0 Å². The molecule has 1 aliphatic heterocycles. The quantitative estimate of drug-likeness (QED) is 0.546. The monoisotopic (exact) mass is 451 g/mol. The van der Waals surface area contributed by atoms with E-state index in [1.54, 1.807) is 32.0 Å². The molecule has 0 aromatic heterocycles. The van der Waals surface area contributed by atoms with E-state index in [2.05, 4.69) is 5.32 Å². The minimum Gasteiger partial charge on any atom is -0.468 e. The highest BCUT2D eigenvalue weighted by molar-refractivity contribution is 6.35. The number of methoxy groups -OCH3 is 1. The van der Waals surface area contributed by atoms with Crippen LogP contribution in [-0.2, 0) is 23.9 Å². The van der Waals surface area contributed by atoms with Gasteiger partial charge in [-0.2, -0.15) is 0 Å². The molecule has 0 fully saturated rings. The number of hydrogen-bond acceptors (Lipinski definition) is 6. The van der Waals surface area contributed by atoms with Crippen LogP contribution in [0.15, 0.2) is 40.7 Å². The first-order valence-electron chi connectivity index (χ1n) is 9.66. The molecule has 0 bridgehead atoms. The van der Waals surface area contributed by atoms with E-state index in [0.29, 0.717) is 39.0 Å². The summed E-state index contributed by atoms with van der Waals surface area (Å²) in [5, 5.41) is 3.94. The Kier molecular flexibility index (Phi) is 6.58. The van der Waals surface area contributed by atoms with Gasteiger partial charge in [-0.1, -0.05) is 36.2 Å². The highest BCUT2D eigenvalue weighted by atomic mass is 35.5.